The second kappa shape index (κ2) is 10.7. The van der Waals surface area contributed by atoms with E-state index in [0.717, 1.165) is 19.4 Å². The molecule has 0 spiro atoms. The van der Waals surface area contributed by atoms with Crippen molar-refractivity contribution in [2.24, 2.45) is 22.6 Å². The number of aliphatic imine (C=N–C) groups is 1. The van der Waals surface area contributed by atoms with Crippen LogP contribution in [0.4, 0.5) is 4.79 Å². The molecule has 158 valence electrons. The van der Waals surface area contributed by atoms with Gasteiger partial charge in [-0.2, -0.15) is 0 Å². The number of amides is 1. The van der Waals surface area contributed by atoms with E-state index < -0.39 is 5.60 Å². The van der Waals surface area contributed by atoms with Crippen LogP contribution in [0.25, 0.3) is 0 Å². The van der Waals surface area contributed by atoms with Gasteiger partial charge in [0.15, 0.2) is 5.96 Å². The summed E-state index contributed by atoms with van der Waals surface area (Å²) in [6, 6.07) is 0. The fourth-order valence-electron chi connectivity index (χ4n) is 3.55. The van der Waals surface area contributed by atoms with Gasteiger partial charge in [-0.05, 0) is 39.5 Å². The van der Waals surface area contributed by atoms with E-state index in [1.165, 1.54) is 0 Å². The number of hydrogen-bond donors (Lipinski definition) is 1. The van der Waals surface area contributed by atoms with E-state index >= 15 is 0 Å². The van der Waals surface area contributed by atoms with E-state index in [9.17, 15) is 4.79 Å². The highest BCUT2D eigenvalue weighted by Crippen LogP contribution is 2.26. The second-order valence-electron chi connectivity index (χ2n) is 8.64. The van der Waals surface area contributed by atoms with Crippen LogP contribution in [0.3, 0.4) is 0 Å². The Labute approximate surface area is 181 Å². The lowest BCUT2D eigenvalue weighted by molar-refractivity contribution is -0.0492. The number of guanidine groups is 1. The fraction of sp³-hybridized carbons (Fsp3) is 0.895. The molecule has 1 amide bonds. The maximum absolute atomic E-state index is 12.1. The maximum atomic E-state index is 12.1. The van der Waals surface area contributed by atoms with Crippen molar-refractivity contribution in [3.63, 3.8) is 0 Å². The molecule has 0 radical (unpaired) electrons. The highest BCUT2D eigenvalue weighted by molar-refractivity contribution is 14.0. The van der Waals surface area contributed by atoms with E-state index in [2.05, 4.69) is 23.7 Å². The van der Waals surface area contributed by atoms with Crippen molar-refractivity contribution in [1.82, 2.24) is 9.80 Å². The smallest absolute Gasteiger partial charge is 0.410 e. The average molecular weight is 496 g/mol. The molecule has 2 unspecified atom stereocenters. The summed E-state index contributed by atoms with van der Waals surface area (Å²) in [7, 11) is 0. The van der Waals surface area contributed by atoms with Gasteiger partial charge < -0.3 is 25.0 Å². The van der Waals surface area contributed by atoms with Crippen molar-refractivity contribution < 1.29 is 14.3 Å². The molecular formula is C19H37IN4O3. The molecule has 0 aromatic rings. The maximum Gasteiger partial charge on any atom is 0.410 e. The summed E-state index contributed by atoms with van der Waals surface area (Å²) in [5.74, 6) is 1.50. The van der Waals surface area contributed by atoms with Crippen molar-refractivity contribution in [2.75, 3.05) is 39.3 Å². The molecule has 2 rings (SSSR count). The van der Waals surface area contributed by atoms with Gasteiger partial charge in [-0.25, -0.2) is 4.79 Å². The molecule has 0 aromatic carbocycles. The van der Waals surface area contributed by atoms with Gasteiger partial charge in [0.1, 0.15) is 5.60 Å². The third-order valence-corrected chi connectivity index (χ3v) is 4.89. The molecule has 2 N–H and O–H groups in total. The molecule has 0 bridgehead atoms. The van der Waals surface area contributed by atoms with Crippen molar-refractivity contribution in [1.29, 1.82) is 0 Å². The van der Waals surface area contributed by atoms with E-state index in [4.69, 9.17) is 15.2 Å². The number of halogens is 1. The Balaban J connectivity index is 0.00000364. The molecule has 2 fully saturated rings. The van der Waals surface area contributed by atoms with Crippen LogP contribution in [0, 0.1) is 11.8 Å². The molecule has 2 saturated heterocycles. The number of hydrogen-bond acceptors (Lipinski definition) is 4. The number of nitrogens with zero attached hydrogens (tertiary/aromatic N) is 3. The van der Waals surface area contributed by atoms with Gasteiger partial charge >= 0.3 is 6.09 Å². The first-order valence-corrected chi connectivity index (χ1v) is 9.82. The van der Waals surface area contributed by atoms with E-state index in [1.54, 1.807) is 4.90 Å². The molecule has 0 aliphatic carbocycles. The topological polar surface area (TPSA) is 80.4 Å². The Morgan fingerprint density at radius 2 is 1.81 bits per heavy atom. The summed E-state index contributed by atoms with van der Waals surface area (Å²) < 4.78 is 11.4. The zero-order chi connectivity index (χ0) is 19.3. The van der Waals surface area contributed by atoms with Crippen LogP contribution in [0.1, 0.15) is 47.5 Å². The molecule has 27 heavy (non-hydrogen) atoms. The van der Waals surface area contributed by atoms with E-state index in [-0.39, 0.29) is 36.2 Å². The number of carbonyl (C=O) groups excluding carboxylic acids is 1. The molecule has 7 nitrogen and oxygen atoms in total. The Kier molecular flexibility index (Phi) is 9.61. The van der Waals surface area contributed by atoms with Gasteiger partial charge in [-0.1, -0.05) is 13.8 Å². The molecule has 2 aliphatic rings. The number of ether oxygens (including phenoxy) is 2. The Morgan fingerprint density at radius 1 is 1.22 bits per heavy atom. The molecule has 0 aromatic heterocycles. The van der Waals surface area contributed by atoms with Crippen molar-refractivity contribution in [3.8, 4) is 0 Å². The summed E-state index contributed by atoms with van der Waals surface area (Å²) in [5, 5.41) is 0. The monoisotopic (exact) mass is 496 g/mol. The summed E-state index contributed by atoms with van der Waals surface area (Å²) in [6.45, 7) is 14.2. The molecule has 2 aliphatic heterocycles. The van der Waals surface area contributed by atoms with Crippen LogP contribution in [0.5, 0.6) is 0 Å². The predicted molar refractivity (Wildman–Crippen MR) is 119 cm³/mol. The quantitative estimate of drug-likeness (QED) is 0.369. The fourth-order valence-corrected chi connectivity index (χ4v) is 3.55. The first kappa shape index (κ1) is 24.3. The normalized spacial score (nSPS) is 24.6. The van der Waals surface area contributed by atoms with Crippen LogP contribution in [-0.4, -0.2) is 72.9 Å². The lowest BCUT2D eigenvalue weighted by atomic mass is 9.87. The predicted octanol–water partition coefficient (Wildman–Crippen LogP) is 2.92. The third-order valence-electron chi connectivity index (χ3n) is 4.89. The number of nitrogens with two attached hydrogens (primary N) is 1. The second-order valence-corrected chi connectivity index (χ2v) is 8.64. The van der Waals surface area contributed by atoms with Gasteiger partial charge in [-0.3, -0.25) is 4.99 Å². The summed E-state index contributed by atoms with van der Waals surface area (Å²) >= 11 is 0. The zero-order valence-corrected chi connectivity index (χ0v) is 19.8. The first-order valence-electron chi connectivity index (χ1n) is 9.82. The van der Waals surface area contributed by atoms with E-state index in [1.807, 2.05) is 20.8 Å². The lowest BCUT2D eigenvalue weighted by Crippen LogP contribution is -2.53. The van der Waals surface area contributed by atoms with Crippen molar-refractivity contribution >= 4 is 36.0 Å². The van der Waals surface area contributed by atoms with Crippen LogP contribution < -0.4 is 5.73 Å². The molecular weight excluding hydrogens is 459 g/mol. The highest BCUT2D eigenvalue weighted by atomic mass is 127. The molecule has 2 atom stereocenters. The van der Waals surface area contributed by atoms with Gasteiger partial charge in [0, 0.05) is 45.2 Å². The largest absolute Gasteiger partial charge is 0.444 e. The Hall–Kier alpha value is -0.770. The number of piperazine rings is 1. The standard InChI is InChI=1S/C19H36N4O3.HI/c1-14(2)16-15(7-6-12-25-16)13-21-17(20)22-8-10-23(11-9-22)18(24)26-19(3,4)5;/h14-16H,6-13H2,1-5H3,(H2,20,21);1H. The zero-order valence-electron chi connectivity index (χ0n) is 17.4. The molecule has 0 saturated carbocycles. The Bertz CT molecular complexity index is 500. The minimum Gasteiger partial charge on any atom is -0.444 e. The Morgan fingerprint density at radius 3 is 2.37 bits per heavy atom. The third kappa shape index (κ3) is 7.63. The SMILES string of the molecule is CC(C)C1OCCCC1CN=C(N)N1CCN(C(=O)OC(C)(C)C)CC1.I. The molecule has 8 heteroatoms. The van der Waals surface area contributed by atoms with Crippen molar-refractivity contribution in [2.45, 2.75) is 59.2 Å². The summed E-state index contributed by atoms with van der Waals surface area (Å²) in [5.41, 5.74) is 5.74. The van der Waals surface area contributed by atoms with Crippen LogP contribution in [0.15, 0.2) is 4.99 Å². The minimum atomic E-state index is -0.469. The van der Waals surface area contributed by atoms with Crippen LogP contribution >= 0.6 is 24.0 Å². The van der Waals surface area contributed by atoms with Crippen LogP contribution in [-0.2, 0) is 9.47 Å². The summed E-state index contributed by atoms with van der Waals surface area (Å²) in [4.78, 5) is 20.6. The minimum absolute atomic E-state index is 0. The number of rotatable bonds is 3. The summed E-state index contributed by atoms with van der Waals surface area (Å²) in [6.07, 6.45) is 2.25. The van der Waals surface area contributed by atoms with Gasteiger partial charge in [-0.15, -0.1) is 24.0 Å². The van der Waals surface area contributed by atoms with Crippen molar-refractivity contribution in [3.05, 3.63) is 0 Å². The van der Waals surface area contributed by atoms with E-state index in [0.29, 0.717) is 50.5 Å². The first-order chi connectivity index (χ1) is 12.2. The average Bonchev–Trinajstić information content (AvgIpc) is 2.58. The molecule has 2 heterocycles. The van der Waals surface area contributed by atoms with Gasteiger partial charge in [0.2, 0.25) is 0 Å². The van der Waals surface area contributed by atoms with Gasteiger partial charge in [0.05, 0.1) is 6.10 Å². The highest BCUT2D eigenvalue weighted by Gasteiger charge is 2.29. The van der Waals surface area contributed by atoms with Crippen LogP contribution in [0.2, 0.25) is 0 Å². The van der Waals surface area contributed by atoms with Gasteiger partial charge in [0.25, 0.3) is 0 Å². The number of carbonyl (C=O) groups is 1. The lowest BCUT2D eigenvalue weighted by Gasteiger charge is -2.36.